The Morgan fingerprint density at radius 3 is 2.59 bits per heavy atom. The molecule has 0 fully saturated rings. The summed E-state index contributed by atoms with van der Waals surface area (Å²) in [4.78, 5) is 4.03. The van der Waals surface area contributed by atoms with Gasteiger partial charge in [0, 0.05) is 18.3 Å². The Morgan fingerprint density at radius 1 is 1.35 bits per heavy atom. The van der Waals surface area contributed by atoms with Crippen LogP contribution < -0.4 is 5.73 Å². The van der Waals surface area contributed by atoms with Gasteiger partial charge in [0.2, 0.25) is 0 Å². The van der Waals surface area contributed by atoms with Crippen molar-refractivity contribution in [3.63, 3.8) is 0 Å². The molecule has 2 rings (SSSR count). The fourth-order valence-corrected chi connectivity index (χ4v) is 1.40. The normalized spacial score (nSPS) is 12.0. The van der Waals surface area contributed by atoms with E-state index in [1.165, 1.54) is 23.0 Å². The van der Waals surface area contributed by atoms with Crippen molar-refractivity contribution < 1.29 is 8.78 Å². The number of nitrogens with two attached hydrogens (primary N) is 1. The number of hydrogen-bond donors (Lipinski definition) is 1. The summed E-state index contributed by atoms with van der Waals surface area (Å²) in [6.45, 7) is 1.79. The summed E-state index contributed by atoms with van der Waals surface area (Å²) in [6.07, 6.45) is 3.08. The lowest BCUT2D eigenvalue weighted by Crippen LogP contribution is -2.05. The van der Waals surface area contributed by atoms with Crippen LogP contribution in [0.5, 0.6) is 0 Å². The Balaban J connectivity index is 0.00000144. The highest BCUT2D eigenvalue weighted by Gasteiger charge is 2.08. The van der Waals surface area contributed by atoms with E-state index in [0.717, 1.165) is 6.07 Å². The van der Waals surface area contributed by atoms with Crippen LogP contribution in [0.3, 0.4) is 0 Å². The van der Waals surface area contributed by atoms with E-state index < -0.39 is 11.6 Å². The molecule has 1 aromatic carbocycles. The summed E-state index contributed by atoms with van der Waals surface area (Å²) in [6, 6.07) is 3.17. The first-order chi connectivity index (χ1) is 7.58. The van der Waals surface area contributed by atoms with Gasteiger partial charge in [0.15, 0.2) is 0 Å². The zero-order chi connectivity index (χ0) is 11.7. The second-order valence-electron chi connectivity index (χ2n) is 3.59. The second-order valence-corrected chi connectivity index (χ2v) is 3.59. The van der Waals surface area contributed by atoms with E-state index in [9.17, 15) is 8.78 Å². The van der Waals surface area contributed by atoms with E-state index >= 15 is 0 Å². The number of rotatable bonds is 2. The lowest BCUT2D eigenvalue weighted by molar-refractivity contribution is 0.577. The quantitative estimate of drug-likeness (QED) is 0.901. The van der Waals surface area contributed by atoms with Crippen molar-refractivity contribution in [3.05, 3.63) is 48.1 Å². The van der Waals surface area contributed by atoms with Gasteiger partial charge in [0.05, 0.1) is 17.7 Å². The highest BCUT2D eigenvalue weighted by molar-refractivity contribution is 5.85. The Hall–Kier alpha value is -1.46. The molecule has 0 aliphatic rings. The van der Waals surface area contributed by atoms with Gasteiger partial charge in [-0.3, -0.25) is 0 Å². The van der Waals surface area contributed by atoms with Crippen molar-refractivity contribution in [2.75, 3.05) is 0 Å². The van der Waals surface area contributed by atoms with Crippen LogP contribution in [0.2, 0.25) is 0 Å². The summed E-state index contributed by atoms with van der Waals surface area (Å²) in [7, 11) is 0. The van der Waals surface area contributed by atoms with Crippen LogP contribution in [0, 0.1) is 11.6 Å². The molecule has 92 valence electrons. The number of hydrogen-bond acceptors (Lipinski definition) is 2. The van der Waals surface area contributed by atoms with Gasteiger partial charge < -0.3 is 10.3 Å². The molecule has 0 unspecified atom stereocenters. The van der Waals surface area contributed by atoms with E-state index in [2.05, 4.69) is 4.98 Å². The molecule has 3 nitrogen and oxygen atoms in total. The van der Waals surface area contributed by atoms with Gasteiger partial charge in [-0.2, -0.15) is 0 Å². The second kappa shape index (κ2) is 5.25. The lowest BCUT2D eigenvalue weighted by atomic mass is 10.2. The molecular formula is C11H12ClF2N3. The molecule has 2 N–H and O–H groups in total. The summed E-state index contributed by atoms with van der Waals surface area (Å²) in [5, 5.41) is 0. The third-order valence-electron chi connectivity index (χ3n) is 2.26. The van der Waals surface area contributed by atoms with Gasteiger partial charge in [-0.1, -0.05) is 0 Å². The minimum Gasteiger partial charge on any atom is -0.323 e. The molecule has 1 atom stereocenters. The van der Waals surface area contributed by atoms with Gasteiger partial charge in [-0.15, -0.1) is 12.4 Å². The number of nitrogens with zero attached hydrogens (tertiary/aromatic N) is 2. The third kappa shape index (κ3) is 2.81. The van der Waals surface area contributed by atoms with Crippen LogP contribution >= 0.6 is 12.4 Å². The van der Waals surface area contributed by atoms with Gasteiger partial charge in [0.1, 0.15) is 11.6 Å². The third-order valence-corrected chi connectivity index (χ3v) is 2.26. The molecule has 0 amide bonds. The van der Waals surface area contributed by atoms with Crippen molar-refractivity contribution in [2.24, 2.45) is 5.73 Å². The Kier molecular flexibility index (Phi) is 4.20. The first-order valence-electron chi connectivity index (χ1n) is 4.83. The highest BCUT2D eigenvalue weighted by Crippen LogP contribution is 2.16. The van der Waals surface area contributed by atoms with E-state index in [4.69, 9.17) is 5.73 Å². The molecule has 0 aliphatic heterocycles. The van der Waals surface area contributed by atoms with Gasteiger partial charge in [-0.25, -0.2) is 13.8 Å². The molecule has 0 radical (unpaired) electrons. The molecule has 0 aliphatic carbocycles. The van der Waals surface area contributed by atoms with Crippen molar-refractivity contribution in [3.8, 4) is 5.69 Å². The molecule has 0 bridgehead atoms. The molecule has 2 aromatic rings. The number of imidazole rings is 1. The fraction of sp³-hybridized carbons (Fsp3) is 0.182. The molecule has 0 spiro atoms. The minimum atomic E-state index is -0.631. The Morgan fingerprint density at radius 2 is 2.06 bits per heavy atom. The SMILES string of the molecule is C[C@H](N)c1cn(-c2ccc(F)cc2F)cn1.Cl. The summed E-state index contributed by atoms with van der Waals surface area (Å²) in [5.74, 6) is -1.23. The average molecular weight is 260 g/mol. The predicted molar refractivity (Wildman–Crippen MR) is 63.3 cm³/mol. The summed E-state index contributed by atoms with van der Waals surface area (Å²) in [5.41, 5.74) is 6.54. The highest BCUT2D eigenvalue weighted by atomic mass is 35.5. The van der Waals surface area contributed by atoms with Gasteiger partial charge >= 0.3 is 0 Å². The molecule has 1 heterocycles. The standard InChI is InChI=1S/C11H11F2N3.ClH/c1-7(14)10-5-16(6-15-10)11-3-2-8(12)4-9(11)13;/h2-7H,14H2,1H3;1H/t7-;/m0./s1. The molecule has 0 saturated heterocycles. The van der Waals surface area contributed by atoms with Crippen LogP contribution in [0.15, 0.2) is 30.7 Å². The first-order valence-corrected chi connectivity index (χ1v) is 4.83. The Labute approximate surface area is 104 Å². The largest absolute Gasteiger partial charge is 0.323 e. The maximum Gasteiger partial charge on any atom is 0.150 e. The maximum atomic E-state index is 13.4. The fourth-order valence-electron chi connectivity index (χ4n) is 1.40. The monoisotopic (exact) mass is 259 g/mol. The first kappa shape index (κ1) is 13.6. The molecule has 17 heavy (non-hydrogen) atoms. The molecular weight excluding hydrogens is 248 g/mol. The van der Waals surface area contributed by atoms with Crippen molar-refractivity contribution in [1.82, 2.24) is 9.55 Å². The molecule has 0 saturated carbocycles. The topological polar surface area (TPSA) is 43.8 Å². The zero-order valence-corrected chi connectivity index (χ0v) is 9.92. The molecule has 6 heteroatoms. The van der Waals surface area contributed by atoms with Crippen LogP contribution in [0.1, 0.15) is 18.7 Å². The van der Waals surface area contributed by atoms with Crippen molar-refractivity contribution >= 4 is 12.4 Å². The van der Waals surface area contributed by atoms with Gasteiger partial charge in [-0.05, 0) is 19.1 Å². The van der Waals surface area contributed by atoms with Crippen LogP contribution in [-0.2, 0) is 0 Å². The molecule has 1 aromatic heterocycles. The van der Waals surface area contributed by atoms with Gasteiger partial charge in [0.25, 0.3) is 0 Å². The minimum absolute atomic E-state index is 0. The smallest absolute Gasteiger partial charge is 0.150 e. The average Bonchev–Trinajstić information content (AvgIpc) is 2.66. The van der Waals surface area contributed by atoms with E-state index in [1.807, 2.05) is 0 Å². The van der Waals surface area contributed by atoms with E-state index in [0.29, 0.717) is 5.69 Å². The van der Waals surface area contributed by atoms with Crippen LogP contribution in [-0.4, -0.2) is 9.55 Å². The number of benzene rings is 1. The van der Waals surface area contributed by atoms with Crippen LogP contribution in [0.25, 0.3) is 5.69 Å². The predicted octanol–water partition coefficient (Wildman–Crippen LogP) is 2.59. The number of aromatic nitrogens is 2. The Bertz CT molecular complexity index is 511. The number of halogens is 3. The van der Waals surface area contributed by atoms with Crippen molar-refractivity contribution in [1.29, 1.82) is 0 Å². The summed E-state index contributed by atoms with van der Waals surface area (Å²) < 4.78 is 27.6. The van der Waals surface area contributed by atoms with Crippen LogP contribution in [0.4, 0.5) is 8.78 Å². The maximum absolute atomic E-state index is 13.4. The van der Waals surface area contributed by atoms with E-state index in [-0.39, 0.29) is 24.1 Å². The summed E-state index contributed by atoms with van der Waals surface area (Å²) >= 11 is 0. The zero-order valence-electron chi connectivity index (χ0n) is 9.10. The van der Waals surface area contributed by atoms with Crippen molar-refractivity contribution in [2.45, 2.75) is 13.0 Å². The van der Waals surface area contributed by atoms with E-state index in [1.54, 1.807) is 13.1 Å². The lowest BCUT2D eigenvalue weighted by Gasteiger charge is -2.03.